The molecule has 2 rings (SSSR count). The van der Waals surface area contributed by atoms with Crippen LogP contribution in [-0.4, -0.2) is 9.78 Å². The summed E-state index contributed by atoms with van der Waals surface area (Å²) in [5, 5.41) is 13.7. The van der Waals surface area contributed by atoms with Gasteiger partial charge in [0.15, 0.2) is 0 Å². The molecule has 0 saturated heterocycles. The van der Waals surface area contributed by atoms with Crippen LogP contribution >= 0.6 is 11.6 Å². The molecular weight excluding hydrogens is 234 g/mol. The first kappa shape index (κ1) is 11.7. The summed E-state index contributed by atoms with van der Waals surface area (Å²) in [5.41, 5.74) is 3.88. The van der Waals surface area contributed by atoms with E-state index < -0.39 is 0 Å². The van der Waals surface area contributed by atoms with Crippen LogP contribution in [0.5, 0.6) is 0 Å². The Morgan fingerprint density at radius 2 is 2.18 bits per heavy atom. The highest BCUT2D eigenvalue weighted by molar-refractivity contribution is 6.31. The van der Waals surface area contributed by atoms with Gasteiger partial charge in [0.1, 0.15) is 0 Å². The lowest BCUT2D eigenvalue weighted by molar-refractivity contribution is 0.838. The molecule has 0 atom stereocenters. The van der Waals surface area contributed by atoms with Crippen molar-refractivity contribution in [2.24, 2.45) is 0 Å². The second-order valence-corrected chi connectivity index (χ2v) is 4.29. The molecular formula is C13H12ClN3. The van der Waals surface area contributed by atoms with Crippen molar-refractivity contribution >= 4 is 11.6 Å². The molecule has 1 aromatic heterocycles. The maximum atomic E-state index is 8.71. The molecule has 0 spiro atoms. The monoisotopic (exact) mass is 245 g/mol. The highest BCUT2D eigenvalue weighted by atomic mass is 35.5. The highest BCUT2D eigenvalue weighted by Gasteiger charge is 2.10. The van der Waals surface area contributed by atoms with Crippen molar-refractivity contribution in [2.75, 3.05) is 0 Å². The molecule has 3 nitrogen and oxygen atoms in total. The Kier molecular flexibility index (Phi) is 3.16. The second-order valence-electron chi connectivity index (χ2n) is 3.89. The number of aromatic nitrogens is 2. The van der Waals surface area contributed by atoms with Crippen LogP contribution in [0.1, 0.15) is 16.8 Å². The molecule has 0 unspecified atom stereocenters. The fourth-order valence-corrected chi connectivity index (χ4v) is 1.94. The lowest BCUT2D eigenvalue weighted by atomic mass is 10.2. The van der Waals surface area contributed by atoms with Gasteiger partial charge in [-0.1, -0.05) is 17.7 Å². The van der Waals surface area contributed by atoms with E-state index in [1.165, 1.54) is 0 Å². The molecule has 86 valence electrons. The Balaban J connectivity index is 2.55. The van der Waals surface area contributed by atoms with Crippen LogP contribution in [0.15, 0.2) is 24.4 Å². The van der Waals surface area contributed by atoms with Crippen LogP contribution in [-0.2, 0) is 6.42 Å². The smallest absolute Gasteiger partial charge is 0.0692 e. The van der Waals surface area contributed by atoms with E-state index in [1.807, 2.05) is 36.7 Å². The summed E-state index contributed by atoms with van der Waals surface area (Å²) in [4.78, 5) is 0. The van der Waals surface area contributed by atoms with Crippen molar-refractivity contribution in [1.82, 2.24) is 9.78 Å². The third-order valence-corrected chi connectivity index (χ3v) is 3.26. The van der Waals surface area contributed by atoms with Gasteiger partial charge in [-0.3, -0.25) is 0 Å². The van der Waals surface area contributed by atoms with Gasteiger partial charge in [0.2, 0.25) is 0 Å². The van der Waals surface area contributed by atoms with E-state index in [9.17, 15) is 0 Å². The average molecular weight is 246 g/mol. The van der Waals surface area contributed by atoms with E-state index >= 15 is 0 Å². The number of benzene rings is 1. The van der Waals surface area contributed by atoms with Crippen molar-refractivity contribution in [3.63, 3.8) is 0 Å². The summed E-state index contributed by atoms with van der Waals surface area (Å²) >= 11 is 6.09. The molecule has 0 radical (unpaired) electrons. The molecule has 17 heavy (non-hydrogen) atoms. The minimum Gasteiger partial charge on any atom is -0.237 e. The van der Waals surface area contributed by atoms with Gasteiger partial charge in [-0.2, -0.15) is 10.4 Å². The standard InChI is InChI=1S/C13H12ClN3/c1-9-12(14)4-3-5-13(9)17-10(2)11(6-7-15)8-16-17/h3-5,8H,6H2,1-2H3. The molecule has 0 saturated carbocycles. The summed E-state index contributed by atoms with van der Waals surface area (Å²) in [6.45, 7) is 3.92. The van der Waals surface area contributed by atoms with E-state index in [2.05, 4.69) is 11.2 Å². The second kappa shape index (κ2) is 4.60. The zero-order valence-corrected chi connectivity index (χ0v) is 10.5. The summed E-state index contributed by atoms with van der Waals surface area (Å²) in [6, 6.07) is 7.86. The quantitative estimate of drug-likeness (QED) is 0.815. The van der Waals surface area contributed by atoms with Crippen molar-refractivity contribution < 1.29 is 0 Å². The van der Waals surface area contributed by atoms with Crippen molar-refractivity contribution in [3.8, 4) is 11.8 Å². The number of hydrogen-bond donors (Lipinski definition) is 0. The number of nitriles is 1. The normalized spacial score (nSPS) is 10.2. The van der Waals surface area contributed by atoms with Gasteiger partial charge >= 0.3 is 0 Å². The van der Waals surface area contributed by atoms with Gasteiger partial charge in [-0.15, -0.1) is 0 Å². The Hall–Kier alpha value is -1.79. The van der Waals surface area contributed by atoms with E-state index in [-0.39, 0.29) is 0 Å². The zero-order valence-electron chi connectivity index (χ0n) is 9.74. The van der Waals surface area contributed by atoms with Gasteiger partial charge < -0.3 is 0 Å². The van der Waals surface area contributed by atoms with Crippen LogP contribution in [0.2, 0.25) is 5.02 Å². The maximum Gasteiger partial charge on any atom is 0.0692 e. The molecule has 4 heteroatoms. The molecule has 1 heterocycles. The first-order valence-electron chi connectivity index (χ1n) is 5.31. The Morgan fingerprint density at radius 3 is 2.88 bits per heavy atom. The molecule has 0 aliphatic carbocycles. The van der Waals surface area contributed by atoms with E-state index in [1.54, 1.807) is 6.20 Å². The topological polar surface area (TPSA) is 41.6 Å². The maximum absolute atomic E-state index is 8.71. The molecule has 0 aliphatic heterocycles. The SMILES string of the molecule is Cc1c(Cl)cccc1-n1ncc(CC#N)c1C. The van der Waals surface area contributed by atoms with Crippen LogP contribution < -0.4 is 0 Å². The number of hydrogen-bond acceptors (Lipinski definition) is 2. The van der Waals surface area contributed by atoms with Crippen LogP contribution in [0.25, 0.3) is 5.69 Å². The Bertz CT molecular complexity index is 593. The summed E-state index contributed by atoms with van der Waals surface area (Å²) in [5.74, 6) is 0. The third-order valence-electron chi connectivity index (χ3n) is 2.85. The molecule has 0 aliphatic rings. The number of rotatable bonds is 2. The Morgan fingerprint density at radius 1 is 1.41 bits per heavy atom. The predicted octanol–water partition coefficient (Wildman–Crippen LogP) is 3.21. The molecule has 2 aromatic rings. The largest absolute Gasteiger partial charge is 0.237 e. The van der Waals surface area contributed by atoms with Crippen LogP contribution in [0.3, 0.4) is 0 Å². The van der Waals surface area contributed by atoms with Gasteiger partial charge in [-0.25, -0.2) is 4.68 Å². The molecule has 1 aromatic carbocycles. The molecule has 0 N–H and O–H groups in total. The van der Waals surface area contributed by atoms with E-state index in [0.29, 0.717) is 6.42 Å². The molecule has 0 bridgehead atoms. The predicted molar refractivity (Wildman–Crippen MR) is 67.4 cm³/mol. The van der Waals surface area contributed by atoms with Crippen LogP contribution in [0, 0.1) is 25.2 Å². The van der Waals surface area contributed by atoms with E-state index in [0.717, 1.165) is 27.5 Å². The summed E-state index contributed by atoms with van der Waals surface area (Å²) < 4.78 is 1.83. The van der Waals surface area contributed by atoms with Crippen molar-refractivity contribution in [3.05, 3.63) is 46.2 Å². The van der Waals surface area contributed by atoms with Gasteiger partial charge in [0.25, 0.3) is 0 Å². The van der Waals surface area contributed by atoms with Crippen molar-refractivity contribution in [2.45, 2.75) is 20.3 Å². The fraction of sp³-hybridized carbons (Fsp3) is 0.231. The lowest BCUT2D eigenvalue weighted by Gasteiger charge is -2.09. The zero-order chi connectivity index (χ0) is 12.4. The minimum absolute atomic E-state index is 0.380. The fourth-order valence-electron chi connectivity index (χ4n) is 1.77. The first-order valence-corrected chi connectivity index (χ1v) is 5.69. The number of nitrogens with zero attached hydrogens (tertiary/aromatic N) is 3. The highest BCUT2D eigenvalue weighted by Crippen LogP contribution is 2.23. The lowest BCUT2D eigenvalue weighted by Crippen LogP contribution is -2.02. The third kappa shape index (κ3) is 2.04. The van der Waals surface area contributed by atoms with Gasteiger partial charge in [0.05, 0.1) is 24.4 Å². The van der Waals surface area contributed by atoms with Gasteiger partial charge in [-0.05, 0) is 31.5 Å². The Labute approximate surface area is 105 Å². The summed E-state index contributed by atoms with van der Waals surface area (Å²) in [6.07, 6.45) is 2.12. The van der Waals surface area contributed by atoms with Crippen LogP contribution in [0.4, 0.5) is 0 Å². The van der Waals surface area contributed by atoms with Gasteiger partial charge in [0, 0.05) is 16.3 Å². The van der Waals surface area contributed by atoms with E-state index in [4.69, 9.17) is 16.9 Å². The first-order chi connectivity index (χ1) is 8.15. The summed E-state index contributed by atoms with van der Waals surface area (Å²) in [7, 11) is 0. The molecule has 0 fully saturated rings. The minimum atomic E-state index is 0.380. The molecule has 0 amide bonds. The average Bonchev–Trinajstić information content (AvgIpc) is 2.66. The van der Waals surface area contributed by atoms with Crippen molar-refractivity contribution in [1.29, 1.82) is 5.26 Å². The number of halogens is 1.